The normalized spacial score (nSPS) is 16.3. The Labute approximate surface area is 112 Å². The minimum absolute atomic E-state index is 0.380. The molecular formula is C14H29N3O. The van der Waals surface area contributed by atoms with Gasteiger partial charge in [-0.15, -0.1) is 0 Å². The molecule has 4 nitrogen and oxygen atoms in total. The number of ether oxygens (including phenoxy) is 1. The lowest BCUT2D eigenvalue weighted by Gasteiger charge is -2.28. The number of nitriles is 1. The summed E-state index contributed by atoms with van der Waals surface area (Å²) in [5.41, 5.74) is -0.380. The number of hydrogen-bond donors (Lipinski definition) is 1. The van der Waals surface area contributed by atoms with Crippen molar-refractivity contribution in [3.8, 4) is 6.07 Å². The van der Waals surface area contributed by atoms with Gasteiger partial charge in [0.2, 0.25) is 0 Å². The SMILES string of the molecule is CCN(CCCCC(C)(C#N)NC)C(C)COC. The maximum atomic E-state index is 9.06. The lowest BCUT2D eigenvalue weighted by molar-refractivity contribution is 0.101. The van der Waals surface area contributed by atoms with Crippen LogP contribution in [0.5, 0.6) is 0 Å². The summed E-state index contributed by atoms with van der Waals surface area (Å²) in [6.07, 6.45) is 3.10. The van der Waals surface area contributed by atoms with Gasteiger partial charge in [0.15, 0.2) is 0 Å². The fraction of sp³-hybridized carbons (Fsp3) is 0.929. The molecule has 0 aliphatic heterocycles. The van der Waals surface area contributed by atoms with Gasteiger partial charge in [0.05, 0.1) is 12.7 Å². The molecule has 0 bridgehead atoms. The molecule has 0 saturated carbocycles. The lowest BCUT2D eigenvalue weighted by Crippen LogP contribution is -2.39. The second-order valence-corrected chi connectivity index (χ2v) is 5.08. The molecule has 0 aromatic rings. The third-order valence-corrected chi connectivity index (χ3v) is 3.61. The standard InChI is InChI=1S/C14H29N3O/c1-6-17(13(2)11-18-5)10-8-7-9-14(3,12-15)16-4/h13,16H,6-11H2,1-5H3. The van der Waals surface area contributed by atoms with Gasteiger partial charge in [-0.1, -0.05) is 6.92 Å². The Bertz CT molecular complexity index is 252. The summed E-state index contributed by atoms with van der Waals surface area (Å²) in [6, 6.07) is 2.79. The first-order chi connectivity index (χ1) is 8.52. The lowest BCUT2D eigenvalue weighted by atomic mass is 9.97. The molecule has 2 unspecified atom stereocenters. The zero-order chi connectivity index (χ0) is 14.0. The van der Waals surface area contributed by atoms with Gasteiger partial charge in [0.1, 0.15) is 5.54 Å². The summed E-state index contributed by atoms with van der Waals surface area (Å²) in [6.45, 7) is 9.23. The van der Waals surface area contributed by atoms with Crippen LogP contribution in [0.4, 0.5) is 0 Å². The summed E-state index contributed by atoms with van der Waals surface area (Å²) in [5.74, 6) is 0. The quantitative estimate of drug-likeness (QED) is 0.607. The Morgan fingerprint density at radius 2 is 2.11 bits per heavy atom. The van der Waals surface area contributed by atoms with E-state index in [-0.39, 0.29) is 5.54 Å². The minimum atomic E-state index is -0.380. The fourth-order valence-corrected chi connectivity index (χ4v) is 2.07. The second-order valence-electron chi connectivity index (χ2n) is 5.08. The monoisotopic (exact) mass is 255 g/mol. The van der Waals surface area contributed by atoms with Crippen molar-refractivity contribution in [2.24, 2.45) is 0 Å². The van der Waals surface area contributed by atoms with Gasteiger partial charge in [-0.2, -0.15) is 5.26 Å². The highest BCUT2D eigenvalue weighted by molar-refractivity contribution is 5.02. The van der Waals surface area contributed by atoms with Crippen LogP contribution in [0.15, 0.2) is 0 Å². The average Bonchev–Trinajstić information content (AvgIpc) is 2.38. The molecule has 0 fully saturated rings. The van der Waals surface area contributed by atoms with E-state index in [2.05, 4.69) is 30.1 Å². The summed E-state index contributed by atoms with van der Waals surface area (Å²) in [7, 11) is 3.60. The van der Waals surface area contributed by atoms with E-state index in [1.54, 1.807) is 7.11 Å². The van der Waals surface area contributed by atoms with Crippen LogP contribution in [-0.2, 0) is 4.74 Å². The summed E-state index contributed by atoms with van der Waals surface area (Å²) in [5, 5.41) is 12.1. The molecular weight excluding hydrogens is 226 g/mol. The van der Waals surface area contributed by atoms with Gasteiger partial charge >= 0.3 is 0 Å². The van der Waals surface area contributed by atoms with Crippen molar-refractivity contribution in [2.45, 2.75) is 51.6 Å². The predicted octanol–water partition coefficient (Wildman–Crippen LogP) is 2.02. The van der Waals surface area contributed by atoms with E-state index in [4.69, 9.17) is 10.00 Å². The molecule has 0 aromatic carbocycles. The maximum absolute atomic E-state index is 9.06. The highest BCUT2D eigenvalue weighted by Gasteiger charge is 2.20. The molecule has 0 amide bonds. The minimum Gasteiger partial charge on any atom is -0.383 e. The molecule has 0 saturated heterocycles. The van der Waals surface area contributed by atoms with Crippen molar-refractivity contribution in [1.29, 1.82) is 5.26 Å². The van der Waals surface area contributed by atoms with E-state index in [0.29, 0.717) is 6.04 Å². The molecule has 0 heterocycles. The molecule has 1 N–H and O–H groups in total. The van der Waals surface area contributed by atoms with Gasteiger partial charge in [-0.3, -0.25) is 4.90 Å². The van der Waals surface area contributed by atoms with Gasteiger partial charge in [-0.05, 0) is 53.2 Å². The van der Waals surface area contributed by atoms with Gasteiger partial charge in [-0.25, -0.2) is 0 Å². The smallest absolute Gasteiger partial charge is 0.103 e. The Morgan fingerprint density at radius 1 is 1.44 bits per heavy atom. The summed E-state index contributed by atoms with van der Waals surface area (Å²) >= 11 is 0. The van der Waals surface area contributed by atoms with E-state index in [0.717, 1.165) is 39.0 Å². The highest BCUT2D eigenvalue weighted by atomic mass is 16.5. The van der Waals surface area contributed by atoms with E-state index < -0.39 is 0 Å². The van der Waals surface area contributed by atoms with Crippen LogP contribution in [0, 0.1) is 11.3 Å². The van der Waals surface area contributed by atoms with Gasteiger partial charge in [0.25, 0.3) is 0 Å². The van der Waals surface area contributed by atoms with Crippen LogP contribution in [0.2, 0.25) is 0 Å². The average molecular weight is 255 g/mol. The number of hydrogen-bond acceptors (Lipinski definition) is 4. The Kier molecular flexibility index (Phi) is 8.99. The zero-order valence-corrected chi connectivity index (χ0v) is 12.6. The molecule has 0 aliphatic rings. The highest BCUT2D eigenvalue weighted by Crippen LogP contribution is 2.13. The topological polar surface area (TPSA) is 48.3 Å². The van der Waals surface area contributed by atoms with E-state index >= 15 is 0 Å². The zero-order valence-electron chi connectivity index (χ0n) is 12.6. The van der Waals surface area contributed by atoms with Crippen molar-refractivity contribution in [2.75, 3.05) is 33.9 Å². The van der Waals surface area contributed by atoms with Crippen LogP contribution in [0.3, 0.4) is 0 Å². The molecule has 0 rings (SSSR count). The van der Waals surface area contributed by atoms with Crippen LogP contribution < -0.4 is 5.32 Å². The third-order valence-electron chi connectivity index (χ3n) is 3.61. The Hall–Kier alpha value is -0.630. The van der Waals surface area contributed by atoms with Crippen molar-refractivity contribution in [3.63, 3.8) is 0 Å². The largest absolute Gasteiger partial charge is 0.383 e. The first-order valence-corrected chi connectivity index (χ1v) is 6.86. The number of likely N-dealkylation sites (N-methyl/N-ethyl adjacent to an activating group) is 1. The third kappa shape index (κ3) is 6.34. The molecule has 106 valence electrons. The van der Waals surface area contributed by atoms with Crippen molar-refractivity contribution < 1.29 is 4.74 Å². The van der Waals surface area contributed by atoms with Gasteiger partial charge in [0, 0.05) is 13.2 Å². The number of nitrogens with zero attached hydrogens (tertiary/aromatic N) is 2. The van der Waals surface area contributed by atoms with Crippen LogP contribution >= 0.6 is 0 Å². The molecule has 0 spiro atoms. The first-order valence-electron chi connectivity index (χ1n) is 6.86. The fourth-order valence-electron chi connectivity index (χ4n) is 2.07. The van der Waals surface area contributed by atoms with Crippen LogP contribution in [-0.4, -0.2) is 50.3 Å². The summed E-state index contributed by atoms with van der Waals surface area (Å²) < 4.78 is 5.19. The van der Waals surface area contributed by atoms with Crippen molar-refractivity contribution >= 4 is 0 Å². The Balaban J connectivity index is 3.92. The maximum Gasteiger partial charge on any atom is 0.103 e. The van der Waals surface area contributed by atoms with E-state index in [1.807, 2.05) is 14.0 Å². The molecule has 18 heavy (non-hydrogen) atoms. The molecule has 4 heteroatoms. The summed E-state index contributed by atoms with van der Waals surface area (Å²) in [4.78, 5) is 2.42. The van der Waals surface area contributed by atoms with E-state index in [1.165, 1.54) is 0 Å². The Morgan fingerprint density at radius 3 is 2.56 bits per heavy atom. The molecule has 0 radical (unpaired) electrons. The first kappa shape index (κ1) is 17.4. The number of methoxy groups -OCH3 is 1. The molecule has 0 aliphatic carbocycles. The van der Waals surface area contributed by atoms with Crippen molar-refractivity contribution in [3.05, 3.63) is 0 Å². The van der Waals surface area contributed by atoms with Crippen molar-refractivity contribution in [1.82, 2.24) is 10.2 Å². The molecule has 0 aromatic heterocycles. The second kappa shape index (κ2) is 9.32. The van der Waals surface area contributed by atoms with Gasteiger partial charge < -0.3 is 10.1 Å². The number of rotatable bonds is 10. The van der Waals surface area contributed by atoms with Crippen LogP contribution in [0.25, 0.3) is 0 Å². The molecule has 2 atom stereocenters. The number of unbranched alkanes of at least 4 members (excludes halogenated alkanes) is 1. The van der Waals surface area contributed by atoms with Crippen LogP contribution in [0.1, 0.15) is 40.0 Å². The number of nitrogens with one attached hydrogen (secondary N) is 1. The van der Waals surface area contributed by atoms with E-state index in [9.17, 15) is 0 Å². The predicted molar refractivity (Wildman–Crippen MR) is 75.5 cm³/mol.